The number of fused-ring (bicyclic) bond motifs is 1. The third-order valence-electron chi connectivity index (χ3n) is 6.14. The second-order valence-corrected chi connectivity index (χ2v) is 10.3. The molecule has 7 heteroatoms. The molecule has 2 aromatic rings. The third kappa shape index (κ3) is 5.03. The molecule has 1 aliphatic rings. The first-order valence-electron chi connectivity index (χ1n) is 10.7. The van der Waals surface area contributed by atoms with Gasteiger partial charge in [-0.1, -0.05) is 44.2 Å². The fraction of sp³-hybridized carbons (Fsp3) is 0.458. The second-order valence-electron chi connectivity index (χ2n) is 8.41. The maximum atomic E-state index is 13.1. The molecule has 1 amide bonds. The maximum Gasteiger partial charge on any atom is 0.241 e. The number of sulfonamides is 1. The Morgan fingerprint density at radius 2 is 1.84 bits per heavy atom. The van der Waals surface area contributed by atoms with E-state index in [1.807, 2.05) is 50.2 Å². The molecular weight excluding hydrogens is 412 g/mol. The SMILES string of the molecule is CCC1(CC)CC(NC(=O)CN(c2cc(C)ccc2C)S(C)(=O)=O)c2ccccc2O1. The number of benzene rings is 2. The van der Waals surface area contributed by atoms with E-state index in [1.165, 1.54) is 4.31 Å². The second kappa shape index (κ2) is 8.91. The van der Waals surface area contributed by atoms with Crippen molar-refractivity contribution in [1.82, 2.24) is 5.32 Å². The Hall–Kier alpha value is -2.54. The predicted octanol–water partition coefficient (Wildman–Crippen LogP) is 4.27. The van der Waals surface area contributed by atoms with Crippen molar-refractivity contribution in [3.63, 3.8) is 0 Å². The van der Waals surface area contributed by atoms with Crippen molar-refractivity contribution in [1.29, 1.82) is 0 Å². The summed E-state index contributed by atoms with van der Waals surface area (Å²) in [5.41, 5.74) is 2.84. The van der Waals surface area contributed by atoms with Gasteiger partial charge in [0.25, 0.3) is 0 Å². The highest BCUT2D eigenvalue weighted by Crippen LogP contribution is 2.42. The number of amides is 1. The van der Waals surface area contributed by atoms with Crippen molar-refractivity contribution in [3.8, 4) is 5.75 Å². The number of nitrogens with one attached hydrogen (secondary N) is 1. The van der Waals surface area contributed by atoms with Crippen molar-refractivity contribution < 1.29 is 17.9 Å². The molecule has 0 saturated carbocycles. The van der Waals surface area contributed by atoms with Crippen LogP contribution in [0.3, 0.4) is 0 Å². The molecule has 1 N–H and O–H groups in total. The summed E-state index contributed by atoms with van der Waals surface area (Å²) >= 11 is 0. The van der Waals surface area contributed by atoms with E-state index in [1.54, 1.807) is 6.07 Å². The van der Waals surface area contributed by atoms with Crippen molar-refractivity contribution in [2.75, 3.05) is 17.1 Å². The summed E-state index contributed by atoms with van der Waals surface area (Å²) < 4.78 is 32.6. The van der Waals surface area contributed by atoms with Crippen LogP contribution in [0.1, 0.15) is 55.8 Å². The standard InChI is InChI=1S/C24H32N2O4S/c1-6-24(7-2)15-20(19-10-8-9-11-22(19)30-24)25-23(27)16-26(31(5,28)29)21-14-17(3)12-13-18(21)4/h8-14,20H,6-7,15-16H2,1-5H3,(H,25,27). The highest BCUT2D eigenvalue weighted by Gasteiger charge is 2.39. The fourth-order valence-electron chi connectivity index (χ4n) is 4.17. The Morgan fingerprint density at radius 1 is 1.16 bits per heavy atom. The summed E-state index contributed by atoms with van der Waals surface area (Å²) in [6.45, 7) is 7.65. The number of hydrogen-bond donors (Lipinski definition) is 1. The first kappa shape index (κ1) is 23.1. The van der Waals surface area contributed by atoms with Gasteiger partial charge in [0.2, 0.25) is 15.9 Å². The molecule has 1 aliphatic heterocycles. The monoisotopic (exact) mass is 444 g/mol. The molecule has 31 heavy (non-hydrogen) atoms. The molecule has 168 valence electrons. The molecule has 3 rings (SSSR count). The zero-order valence-electron chi connectivity index (χ0n) is 18.9. The minimum atomic E-state index is -3.64. The van der Waals surface area contributed by atoms with Crippen LogP contribution in [0.2, 0.25) is 0 Å². The largest absolute Gasteiger partial charge is 0.487 e. The van der Waals surface area contributed by atoms with Crippen molar-refractivity contribution in [2.45, 2.75) is 58.6 Å². The molecule has 0 fully saturated rings. The highest BCUT2D eigenvalue weighted by molar-refractivity contribution is 7.92. The minimum absolute atomic E-state index is 0.239. The van der Waals surface area contributed by atoms with Gasteiger partial charge < -0.3 is 10.1 Å². The van der Waals surface area contributed by atoms with Gasteiger partial charge in [0.05, 0.1) is 18.0 Å². The van der Waals surface area contributed by atoms with Gasteiger partial charge in [0.15, 0.2) is 0 Å². The first-order valence-corrected chi connectivity index (χ1v) is 12.6. The Labute approximate surface area is 185 Å². The van der Waals surface area contributed by atoms with E-state index in [0.717, 1.165) is 41.5 Å². The van der Waals surface area contributed by atoms with E-state index in [9.17, 15) is 13.2 Å². The Balaban J connectivity index is 1.88. The molecule has 6 nitrogen and oxygen atoms in total. The quantitative estimate of drug-likeness (QED) is 0.692. The van der Waals surface area contributed by atoms with Crippen LogP contribution in [0.5, 0.6) is 5.75 Å². The molecule has 2 aromatic carbocycles. The molecule has 0 spiro atoms. The number of carbonyl (C=O) groups is 1. The lowest BCUT2D eigenvalue weighted by atomic mass is 9.83. The lowest BCUT2D eigenvalue weighted by Gasteiger charge is -2.41. The van der Waals surface area contributed by atoms with Gasteiger partial charge in [-0.2, -0.15) is 0 Å². The molecule has 0 bridgehead atoms. The smallest absolute Gasteiger partial charge is 0.241 e. The molecule has 1 heterocycles. The van der Waals surface area contributed by atoms with Gasteiger partial charge in [-0.25, -0.2) is 8.42 Å². The number of para-hydroxylation sites is 1. The fourth-order valence-corrected chi connectivity index (χ4v) is 5.08. The van der Waals surface area contributed by atoms with E-state index in [2.05, 4.69) is 19.2 Å². The Morgan fingerprint density at radius 3 is 2.48 bits per heavy atom. The Bertz CT molecular complexity index is 1060. The average Bonchev–Trinajstić information content (AvgIpc) is 2.73. The zero-order chi connectivity index (χ0) is 22.8. The van der Waals surface area contributed by atoms with E-state index in [4.69, 9.17) is 4.74 Å². The number of anilines is 1. The third-order valence-corrected chi connectivity index (χ3v) is 7.27. The number of hydrogen-bond acceptors (Lipinski definition) is 4. The van der Waals surface area contributed by atoms with Crippen LogP contribution in [-0.4, -0.2) is 32.7 Å². The van der Waals surface area contributed by atoms with Gasteiger partial charge >= 0.3 is 0 Å². The highest BCUT2D eigenvalue weighted by atomic mass is 32.2. The van der Waals surface area contributed by atoms with E-state index < -0.39 is 10.0 Å². The zero-order valence-corrected chi connectivity index (χ0v) is 19.8. The van der Waals surface area contributed by atoms with Gasteiger partial charge in [0, 0.05) is 12.0 Å². The number of carbonyl (C=O) groups excluding carboxylic acids is 1. The first-order chi connectivity index (χ1) is 14.6. The van der Waals surface area contributed by atoms with Crippen LogP contribution < -0.4 is 14.4 Å². The number of ether oxygens (including phenoxy) is 1. The summed E-state index contributed by atoms with van der Waals surface area (Å²) in [6.07, 6.45) is 3.42. The minimum Gasteiger partial charge on any atom is -0.487 e. The number of nitrogens with zero attached hydrogens (tertiary/aromatic N) is 1. The van der Waals surface area contributed by atoms with Gasteiger partial charge in [0.1, 0.15) is 17.9 Å². The van der Waals surface area contributed by atoms with Gasteiger partial charge in [-0.15, -0.1) is 0 Å². The summed E-state index contributed by atoms with van der Waals surface area (Å²) in [4.78, 5) is 13.1. The molecule has 1 atom stereocenters. The van der Waals surface area contributed by atoms with Crippen LogP contribution >= 0.6 is 0 Å². The Kier molecular flexibility index (Phi) is 6.65. The summed E-state index contributed by atoms with van der Waals surface area (Å²) in [5.74, 6) is 0.436. The van der Waals surface area contributed by atoms with Gasteiger partial charge in [-0.05, 0) is 49.9 Å². The normalized spacial score (nSPS) is 17.4. The molecular formula is C24H32N2O4S. The molecule has 0 aliphatic carbocycles. The van der Waals surface area contributed by atoms with Crippen molar-refractivity contribution >= 4 is 21.6 Å². The van der Waals surface area contributed by atoms with Crippen LogP contribution in [0.15, 0.2) is 42.5 Å². The lowest BCUT2D eigenvalue weighted by molar-refractivity contribution is -0.121. The van der Waals surface area contributed by atoms with Crippen LogP contribution in [-0.2, 0) is 14.8 Å². The van der Waals surface area contributed by atoms with Crippen LogP contribution in [0.25, 0.3) is 0 Å². The van der Waals surface area contributed by atoms with Crippen molar-refractivity contribution in [3.05, 3.63) is 59.2 Å². The average molecular weight is 445 g/mol. The van der Waals surface area contributed by atoms with E-state index in [-0.39, 0.29) is 24.1 Å². The van der Waals surface area contributed by atoms with E-state index >= 15 is 0 Å². The molecule has 1 unspecified atom stereocenters. The predicted molar refractivity (Wildman–Crippen MR) is 124 cm³/mol. The van der Waals surface area contributed by atoms with Gasteiger partial charge in [-0.3, -0.25) is 9.10 Å². The number of aryl methyl sites for hydroxylation is 2. The topological polar surface area (TPSA) is 75.7 Å². The molecule has 0 saturated heterocycles. The van der Waals surface area contributed by atoms with Crippen molar-refractivity contribution in [2.24, 2.45) is 0 Å². The lowest BCUT2D eigenvalue weighted by Crippen LogP contribution is -2.47. The maximum absolute atomic E-state index is 13.1. The summed E-state index contributed by atoms with van der Waals surface area (Å²) in [7, 11) is -3.64. The summed E-state index contributed by atoms with van der Waals surface area (Å²) in [6, 6.07) is 13.1. The van der Waals surface area contributed by atoms with Crippen LogP contribution in [0.4, 0.5) is 5.69 Å². The molecule has 0 radical (unpaired) electrons. The number of rotatable bonds is 7. The molecule has 0 aromatic heterocycles. The summed E-state index contributed by atoms with van der Waals surface area (Å²) in [5, 5.41) is 3.08. The van der Waals surface area contributed by atoms with E-state index in [0.29, 0.717) is 12.1 Å². The van der Waals surface area contributed by atoms with Crippen LogP contribution in [0, 0.1) is 13.8 Å².